The molecule has 0 saturated carbocycles. The summed E-state index contributed by atoms with van der Waals surface area (Å²) in [5.74, 6) is -0.914. The van der Waals surface area contributed by atoms with E-state index in [1.807, 2.05) is 0 Å². The van der Waals surface area contributed by atoms with Crippen molar-refractivity contribution in [3.63, 3.8) is 0 Å². The number of carbonyl (C=O) groups is 2. The van der Waals surface area contributed by atoms with Crippen LogP contribution in [0, 0.1) is 0 Å². The predicted molar refractivity (Wildman–Crippen MR) is 67.5 cm³/mol. The first-order chi connectivity index (χ1) is 9.45. The smallest absolute Gasteiger partial charge is 0.414 e. The van der Waals surface area contributed by atoms with Crippen molar-refractivity contribution in [1.82, 2.24) is 4.90 Å². The molecule has 5 nitrogen and oxygen atoms in total. The van der Waals surface area contributed by atoms with Crippen LogP contribution in [0.5, 0.6) is 0 Å². The Kier molecular flexibility index (Phi) is 4.91. The first-order valence-electron chi connectivity index (χ1n) is 6.40. The Morgan fingerprint density at radius 2 is 1.90 bits per heavy atom. The second-order valence-electron chi connectivity index (χ2n) is 5.49. The zero-order valence-corrected chi connectivity index (χ0v) is 12.3. The van der Waals surface area contributed by atoms with Gasteiger partial charge in [0.2, 0.25) is 0 Å². The summed E-state index contributed by atoms with van der Waals surface area (Å²) >= 11 is 0. The monoisotopic (exact) mass is 309 g/mol. The summed E-state index contributed by atoms with van der Waals surface area (Å²) in [4.78, 5) is 24.4. The second kappa shape index (κ2) is 5.95. The normalized spacial score (nSPS) is 19.3. The van der Waals surface area contributed by atoms with E-state index in [4.69, 9.17) is 9.47 Å². The molecule has 0 aromatic heterocycles. The lowest BCUT2D eigenvalue weighted by Gasteiger charge is -2.27. The molecule has 0 bridgehead atoms. The van der Waals surface area contributed by atoms with Crippen molar-refractivity contribution in [1.29, 1.82) is 0 Å². The molecule has 0 saturated heterocycles. The Morgan fingerprint density at radius 3 is 2.33 bits per heavy atom. The summed E-state index contributed by atoms with van der Waals surface area (Å²) in [6.45, 7) is 5.54. The molecular weight excluding hydrogens is 291 g/mol. The third kappa shape index (κ3) is 4.64. The van der Waals surface area contributed by atoms with Gasteiger partial charge in [0.15, 0.2) is 6.04 Å². The minimum absolute atomic E-state index is 0.00663. The van der Waals surface area contributed by atoms with E-state index in [0.29, 0.717) is 11.0 Å². The number of carbonyl (C=O) groups excluding carboxylic acids is 2. The maximum atomic E-state index is 12.8. The molecule has 0 radical (unpaired) electrons. The summed E-state index contributed by atoms with van der Waals surface area (Å²) in [5.41, 5.74) is -1.84. The van der Waals surface area contributed by atoms with Crippen LogP contribution in [-0.2, 0) is 14.3 Å². The summed E-state index contributed by atoms with van der Waals surface area (Å²) < 4.78 is 48.0. The van der Waals surface area contributed by atoms with Gasteiger partial charge in [0.1, 0.15) is 5.60 Å². The average Bonchev–Trinajstić information content (AvgIpc) is 2.71. The molecule has 1 atom stereocenters. The zero-order valence-electron chi connectivity index (χ0n) is 12.3. The van der Waals surface area contributed by atoms with Crippen molar-refractivity contribution in [2.75, 3.05) is 13.2 Å². The molecule has 8 heteroatoms. The number of esters is 1. The van der Waals surface area contributed by atoms with Gasteiger partial charge in [0.05, 0.1) is 18.7 Å². The topological polar surface area (TPSA) is 55.8 Å². The maximum Gasteiger partial charge on any atom is 0.414 e. The van der Waals surface area contributed by atoms with Gasteiger partial charge in [-0.25, -0.2) is 9.59 Å². The summed E-state index contributed by atoms with van der Waals surface area (Å²) in [6.07, 6.45) is -4.90. The standard InChI is InChI=1S/C13H18F3NO4/c1-5-20-10(18)9-6-8(13(14,15)16)7-17(9)11(19)21-12(2,3)4/h6,9H,5,7H2,1-4H3. The molecule has 0 aromatic rings. The van der Waals surface area contributed by atoms with Crippen LogP contribution in [0.4, 0.5) is 18.0 Å². The number of hydrogen-bond acceptors (Lipinski definition) is 4. The Balaban J connectivity index is 2.97. The van der Waals surface area contributed by atoms with Crippen molar-refractivity contribution >= 4 is 12.1 Å². The van der Waals surface area contributed by atoms with Crippen LogP contribution in [0.1, 0.15) is 27.7 Å². The fourth-order valence-corrected chi connectivity index (χ4v) is 1.72. The molecule has 0 fully saturated rings. The molecule has 0 N–H and O–H groups in total. The van der Waals surface area contributed by atoms with Crippen LogP contribution in [0.25, 0.3) is 0 Å². The van der Waals surface area contributed by atoms with Gasteiger partial charge in [-0.05, 0) is 33.8 Å². The van der Waals surface area contributed by atoms with Crippen molar-refractivity contribution in [2.24, 2.45) is 0 Å². The van der Waals surface area contributed by atoms with Gasteiger partial charge in [0, 0.05) is 0 Å². The van der Waals surface area contributed by atoms with Crippen molar-refractivity contribution in [2.45, 2.75) is 45.5 Å². The molecule has 1 aliphatic heterocycles. The van der Waals surface area contributed by atoms with E-state index in [1.165, 1.54) is 6.92 Å². The number of ether oxygens (including phenoxy) is 2. The lowest BCUT2D eigenvalue weighted by molar-refractivity contribution is -0.147. The largest absolute Gasteiger partial charge is 0.464 e. The van der Waals surface area contributed by atoms with E-state index < -0.39 is 42.0 Å². The highest BCUT2D eigenvalue weighted by Crippen LogP contribution is 2.32. The highest BCUT2D eigenvalue weighted by Gasteiger charge is 2.45. The van der Waals surface area contributed by atoms with Crippen molar-refractivity contribution < 1.29 is 32.2 Å². The molecule has 1 heterocycles. The number of rotatable bonds is 2. The third-order valence-electron chi connectivity index (χ3n) is 2.56. The van der Waals surface area contributed by atoms with E-state index >= 15 is 0 Å². The molecule has 0 aromatic carbocycles. The lowest BCUT2D eigenvalue weighted by Crippen LogP contribution is -2.44. The molecule has 120 valence electrons. The lowest BCUT2D eigenvalue weighted by atomic mass is 10.2. The van der Waals surface area contributed by atoms with E-state index in [1.54, 1.807) is 20.8 Å². The van der Waals surface area contributed by atoms with Crippen molar-refractivity contribution in [3.05, 3.63) is 11.6 Å². The summed E-state index contributed by atoms with van der Waals surface area (Å²) in [6, 6.07) is -1.42. The second-order valence-corrected chi connectivity index (χ2v) is 5.49. The molecule has 0 spiro atoms. The summed E-state index contributed by atoms with van der Waals surface area (Å²) in [7, 11) is 0. The Hall–Kier alpha value is -1.73. The molecule has 1 unspecified atom stereocenters. The van der Waals surface area contributed by atoms with Crippen LogP contribution in [0.2, 0.25) is 0 Å². The van der Waals surface area contributed by atoms with E-state index in [9.17, 15) is 22.8 Å². The zero-order chi connectivity index (χ0) is 16.4. The van der Waals surface area contributed by atoms with E-state index in [0.717, 1.165) is 0 Å². The van der Waals surface area contributed by atoms with Crippen LogP contribution in [-0.4, -0.2) is 47.9 Å². The van der Waals surface area contributed by atoms with Crippen molar-refractivity contribution in [3.8, 4) is 0 Å². The number of halogens is 3. The number of alkyl halides is 3. The molecule has 1 rings (SSSR count). The third-order valence-corrected chi connectivity index (χ3v) is 2.56. The summed E-state index contributed by atoms with van der Waals surface area (Å²) in [5, 5.41) is 0. The molecule has 0 aliphatic carbocycles. The van der Waals surface area contributed by atoms with Crippen LogP contribution in [0.3, 0.4) is 0 Å². The fraction of sp³-hybridized carbons (Fsp3) is 0.692. The molecular formula is C13H18F3NO4. The highest BCUT2D eigenvalue weighted by atomic mass is 19.4. The van der Waals surface area contributed by atoms with Gasteiger partial charge in [-0.1, -0.05) is 0 Å². The average molecular weight is 309 g/mol. The van der Waals surface area contributed by atoms with E-state index in [-0.39, 0.29) is 6.61 Å². The highest BCUT2D eigenvalue weighted by molar-refractivity contribution is 5.85. The van der Waals surface area contributed by atoms with Gasteiger partial charge >= 0.3 is 18.2 Å². The minimum Gasteiger partial charge on any atom is -0.464 e. The quantitative estimate of drug-likeness (QED) is 0.581. The Labute approximate surface area is 120 Å². The molecule has 1 aliphatic rings. The first-order valence-corrected chi connectivity index (χ1v) is 6.40. The number of nitrogens with zero attached hydrogens (tertiary/aromatic N) is 1. The molecule has 21 heavy (non-hydrogen) atoms. The fourth-order valence-electron chi connectivity index (χ4n) is 1.72. The first kappa shape index (κ1) is 17.3. The SMILES string of the molecule is CCOC(=O)C1C=C(C(F)(F)F)CN1C(=O)OC(C)(C)C. The molecule has 1 amide bonds. The van der Waals surface area contributed by atoms with Gasteiger partial charge in [-0.15, -0.1) is 0 Å². The number of hydrogen-bond donors (Lipinski definition) is 0. The van der Waals surface area contributed by atoms with Gasteiger partial charge in [-0.3, -0.25) is 4.90 Å². The van der Waals surface area contributed by atoms with Gasteiger partial charge < -0.3 is 9.47 Å². The number of amides is 1. The van der Waals surface area contributed by atoms with Crippen LogP contribution >= 0.6 is 0 Å². The van der Waals surface area contributed by atoms with E-state index in [2.05, 4.69) is 0 Å². The predicted octanol–water partition coefficient (Wildman–Crippen LogP) is 2.66. The Morgan fingerprint density at radius 1 is 1.33 bits per heavy atom. The minimum atomic E-state index is -4.61. The van der Waals surface area contributed by atoms with Crippen LogP contribution in [0.15, 0.2) is 11.6 Å². The van der Waals surface area contributed by atoms with Gasteiger partial charge in [-0.2, -0.15) is 13.2 Å². The van der Waals surface area contributed by atoms with Gasteiger partial charge in [0.25, 0.3) is 0 Å². The van der Waals surface area contributed by atoms with Crippen LogP contribution < -0.4 is 0 Å². The maximum absolute atomic E-state index is 12.8. The Bertz CT molecular complexity index is 451.